The van der Waals surface area contributed by atoms with Gasteiger partial charge < -0.3 is 22.1 Å². The van der Waals surface area contributed by atoms with Crippen LogP contribution in [0, 0.1) is 55.4 Å². The summed E-state index contributed by atoms with van der Waals surface area (Å²) < 4.78 is 124. The van der Waals surface area contributed by atoms with Crippen LogP contribution in [0.2, 0.25) is 0 Å². The van der Waals surface area contributed by atoms with E-state index in [4.69, 9.17) is 35.8 Å². The Hall–Kier alpha value is -13.4. The molecule has 1 unspecified atom stereocenters. The fourth-order valence-corrected chi connectivity index (χ4v) is 19.0. The van der Waals surface area contributed by atoms with Crippen LogP contribution in [-0.4, -0.2) is 24.9 Å². The van der Waals surface area contributed by atoms with Crippen LogP contribution < -0.4 is 22.8 Å². The van der Waals surface area contributed by atoms with Gasteiger partial charge in [-0.05, 0) is 233 Å². The summed E-state index contributed by atoms with van der Waals surface area (Å²) in [6.45, 7) is 41.4. The molecular weight excluding hydrogens is 1640 g/mol. The Bertz CT molecular complexity index is 8400. The number of nitrogens with zero attached hydrogens (tertiary/aromatic N) is 10. The van der Waals surface area contributed by atoms with Gasteiger partial charge in [0.05, 0.1) is 27.8 Å². The minimum absolute atomic E-state index is 0.132. The lowest BCUT2D eigenvalue weighted by Gasteiger charge is -2.13. The van der Waals surface area contributed by atoms with E-state index in [0.29, 0.717) is 51.7 Å². The highest BCUT2D eigenvalue weighted by Gasteiger charge is 2.31. The van der Waals surface area contributed by atoms with E-state index in [0.717, 1.165) is 184 Å². The third-order valence-corrected chi connectivity index (χ3v) is 26.2. The molecule has 15 heteroatoms. The highest BCUT2D eigenvalue weighted by molar-refractivity contribution is 6.13. The standard InChI is InChI=1S/3C24H27N2O.2C23H25N2O/c3*1-7-17-12-21(26(6)13-20(17)14(2)3)22-15(4)8-10-18-19-11-9-16(5)25-24(19)27-23(18)22;2*1-6-16-12-20(25(5)13-19(16)14(2)3)21-15(4)9-10-17-18-8-7-11-24-23(18)26-22(17)21/h3*8-14H,7H2,1-6H3;2*7-14H,6H2,1-5H3/q5*+1/i2D3,7D2,14D;7D2;;6D2;. The lowest BCUT2D eigenvalue weighted by molar-refractivity contribution is -0.661. The summed E-state index contributed by atoms with van der Waals surface area (Å²) in [4.78, 5) is 22.4. The molecule has 133 heavy (non-hydrogen) atoms. The number of rotatable bonds is 15. The first kappa shape index (κ1) is 80.5. The molecule has 0 spiro atoms. The van der Waals surface area contributed by atoms with Gasteiger partial charge in [0.15, 0.2) is 58.9 Å². The van der Waals surface area contributed by atoms with Crippen molar-refractivity contribution in [1.29, 1.82) is 0 Å². The van der Waals surface area contributed by atoms with Crippen LogP contribution in [0.3, 0.4) is 0 Å². The van der Waals surface area contributed by atoms with Crippen molar-refractivity contribution in [2.75, 3.05) is 0 Å². The SMILES string of the molecule is CCc1cc(-c2c(C)ccc3c2oc2nc(C)ccc23)[n+](C)cc1C(C)C.CCc1cc(-c2c(C)ccc3c2oc2ncccc23)[n+](C)cc1C(C)C.[2H]C([2H])(C)c1cc(-c2c(C)ccc3c2oc2nc(C)ccc23)[n+](C)cc1C(C)C.[2H]C([2H])(C)c1cc(-c2c(C)ccc3c2oc2nc(C)ccc23)[n+](C)cc1C([2H])(C)C([2H])([2H])[2H].[2H]C([2H])(C)c1cc(-c2c(C)ccc3c2oc2ncccc23)[n+](C)cc1C(C)C. The molecule has 5 aromatic carbocycles. The van der Waals surface area contributed by atoms with Crippen molar-refractivity contribution in [3.63, 3.8) is 0 Å². The smallest absolute Gasteiger partial charge is 0.227 e. The van der Waals surface area contributed by atoms with Gasteiger partial charge in [0.25, 0.3) is 0 Å². The molecule has 0 fully saturated rings. The van der Waals surface area contributed by atoms with Crippen LogP contribution >= 0.6 is 0 Å². The Labute approximate surface area is 797 Å². The average molecular weight is 1780 g/mol. The summed E-state index contributed by atoms with van der Waals surface area (Å²) in [5, 5.41) is 10.2. The quantitative estimate of drug-likeness (QED) is 0.0908. The minimum Gasteiger partial charge on any atom is -0.437 e. The molecule has 1 atom stereocenters. The summed E-state index contributed by atoms with van der Waals surface area (Å²) in [5.74, 6) is -0.495. The molecular formula is C118H131N10O5+5. The lowest BCUT2D eigenvalue weighted by atomic mass is 9.94. The van der Waals surface area contributed by atoms with Crippen LogP contribution in [0.5, 0.6) is 0 Å². The van der Waals surface area contributed by atoms with Gasteiger partial charge in [-0.1, -0.05) is 164 Å². The summed E-state index contributed by atoms with van der Waals surface area (Å²) in [7, 11) is 10.0. The van der Waals surface area contributed by atoms with E-state index >= 15 is 0 Å². The van der Waals surface area contributed by atoms with Gasteiger partial charge in [0, 0.05) is 155 Å². The molecule has 0 saturated carbocycles. The number of pyridine rings is 10. The van der Waals surface area contributed by atoms with Crippen molar-refractivity contribution < 1.29 is 58.6 Å². The Morgan fingerprint density at radius 3 is 0.767 bits per heavy atom. The van der Waals surface area contributed by atoms with Gasteiger partial charge >= 0.3 is 0 Å². The summed E-state index contributed by atoms with van der Waals surface area (Å²) in [6.07, 6.45) is 11.1. The molecule has 0 aliphatic rings. The fraction of sp³-hybridized carbons (Fsp3) is 0.322. The first-order chi connectivity index (χ1) is 67.3. The van der Waals surface area contributed by atoms with Gasteiger partial charge in [-0.2, -0.15) is 0 Å². The lowest BCUT2D eigenvalue weighted by Crippen LogP contribution is -2.32. The average Bonchev–Trinajstić information content (AvgIpc) is 1.57. The highest BCUT2D eigenvalue weighted by atomic mass is 16.4. The van der Waals surface area contributed by atoms with Crippen molar-refractivity contribution in [3.05, 3.63) is 296 Å². The van der Waals surface area contributed by atoms with Gasteiger partial charge in [0.2, 0.25) is 57.0 Å². The topological polar surface area (TPSA) is 150 Å². The van der Waals surface area contributed by atoms with Gasteiger partial charge in [-0.3, -0.25) is 0 Å². The van der Waals surface area contributed by atoms with E-state index in [1.807, 2.05) is 109 Å². The van der Waals surface area contributed by atoms with Crippen molar-refractivity contribution >= 4 is 110 Å². The van der Waals surface area contributed by atoms with E-state index in [1.54, 1.807) is 50.1 Å². The summed E-state index contributed by atoms with van der Waals surface area (Å²) in [5.41, 5.74) is 35.0. The van der Waals surface area contributed by atoms with Crippen molar-refractivity contribution in [2.45, 2.75) is 221 Å². The molecule has 678 valence electrons. The molecule has 0 bridgehead atoms. The number of hydrogen-bond acceptors (Lipinski definition) is 10. The molecule has 20 rings (SSSR count). The number of benzene rings is 5. The van der Waals surface area contributed by atoms with Crippen molar-refractivity contribution in [1.82, 2.24) is 24.9 Å². The number of hydrogen-bond donors (Lipinski definition) is 0. The second-order valence-electron chi connectivity index (χ2n) is 36.9. The summed E-state index contributed by atoms with van der Waals surface area (Å²) >= 11 is 0. The normalized spacial score (nSPS) is 13.8. The Morgan fingerprint density at radius 1 is 0.293 bits per heavy atom. The number of aromatic nitrogens is 10. The Morgan fingerprint density at radius 2 is 0.519 bits per heavy atom. The molecule has 0 saturated heterocycles. The van der Waals surface area contributed by atoms with E-state index in [2.05, 4.69) is 258 Å². The Balaban J connectivity index is 0.000000129. The monoisotopic (exact) mass is 1780 g/mol. The highest BCUT2D eigenvalue weighted by Crippen LogP contribution is 2.44. The number of aryl methyl sites for hydroxylation is 18. The molecule has 0 amide bonds. The molecule has 15 heterocycles. The molecule has 20 aromatic rings. The Kier molecular flexibility index (Phi) is 23.0. The zero-order chi connectivity index (χ0) is 104. The molecule has 0 N–H and O–H groups in total. The van der Waals surface area contributed by atoms with Crippen molar-refractivity contribution in [3.8, 4) is 56.3 Å². The molecule has 0 radical (unpaired) electrons. The molecule has 0 aliphatic heterocycles. The van der Waals surface area contributed by atoms with E-state index in [-0.39, 0.29) is 23.0 Å². The molecule has 15 aromatic heterocycles. The first-order valence-electron chi connectivity index (χ1n) is 51.4. The first-order valence-corrected chi connectivity index (χ1v) is 46.4. The zero-order valence-electron chi connectivity index (χ0n) is 92.2. The summed E-state index contributed by atoms with van der Waals surface area (Å²) in [6, 6.07) is 51.4. The van der Waals surface area contributed by atoms with Crippen LogP contribution in [-0.2, 0) is 67.2 Å². The fourth-order valence-electron chi connectivity index (χ4n) is 19.0. The van der Waals surface area contributed by atoms with Gasteiger partial charge in [-0.15, -0.1) is 0 Å². The van der Waals surface area contributed by atoms with Gasteiger partial charge in [0.1, 0.15) is 35.2 Å². The second kappa shape index (κ2) is 38.1. The third kappa shape index (κ3) is 17.6. The van der Waals surface area contributed by atoms with E-state index < -0.39 is 31.9 Å². The van der Waals surface area contributed by atoms with E-state index in [1.165, 1.54) is 58.6 Å². The number of fused-ring (bicyclic) bond motifs is 15. The molecule has 0 aliphatic carbocycles. The maximum atomic E-state index is 8.61. The minimum atomic E-state index is -2.63. The maximum absolute atomic E-state index is 8.61. The second-order valence-corrected chi connectivity index (χ2v) is 36.9. The zero-order valence-corrected chi connectivity index (χ0v) is 82.2. The van der Waals surface area contributed by atoms with Crippen LogP contribution in [0.1, 0.15) is 248 Å². The van der Waals surface area contributed by atoms with E-state index in [9.17, 15) is 0 Å². The van der Waals surface area contributed by atoms with Crippen LogP contribution in [0.25, 0.3) is 167 Å². The predicted molar refractivity (Wildman–Crippen MR) is 546 cm³/mol. The van der Waals surface area contributed by atoms with Gasteiger partial charge in [-0.25, -0.2) is 47.8 Å². The largest absolute Gasteiger partial charge is 0.437 e. The number of furan rings is 5. The van der Waals surface area contributed by atoms with Crippen LogP contribution in [0.4, 0.5) is 0 Å². The molecule has 15 nitrogen and oxygen atoms in total. The predicted octanol–water partition coefficient (Wildman–Crippen LogP) is 28.3. The third-order valence-electron chi connectivity index (χ3n) is 26.2. The van der Waals surface area contributed by atoms with Crippen molar-refractivity contribution in [2.24, 2.45) is 35.2 Å². The van der Waals surface area contributed by atoms with Crippen LogP contribution in [0.15, 0.2) is 217 Å². The maximum Gasteiger partial charge on any atom is 0.227 e.